The number of amides is 1. The van der Waals surface area contributed by atoms with Crippen molar-refractivity contribution in [2.24, 2.45) is 5.73 Å². The molecule has 0 radical (unpaired) electrons. The van der Waals surface area contributed by atoms with Crippen LogP contribution in [0.5, 0.6) is 0 Å². The van der Waals surface area contributed by atoms with Gasteiger partial charge in [-0.15, -0.1) is 0 Å². The molecule has 0 saturated carbocycles. The van der Waals surface area contributed by atoms with Gasteiger partial charge in [0.05, 0.1) is 19.1 Å². The van der Waals surface area contributed by atoms with Crippen LogP contribution >= 0.6 is 0 Å². The number of carbonyl (C=O) groups is 1. The van der Waals surface area contributed by atoms with E-state index in [2.05, 4.69) is 22.4 Å². The van der Waals surface area contributed by atoms with E-state index < -0.39 is 5.91 Å². The summed E-state index contributed by atoms with van der Waals surface area (Å²) in [6.45, 7) is 4.12. The van der Waals surface area contributed by atoms with Gasteiger partial charge in [-0.1, -0.05) is 12.1 Å². The maximum Gasteiger partial charge on any atom is 0.290 e. The van der Waals surface area contributed by atoms with Crippen molar-refractivity contribution in [3.8, 4) is 0 Å². The van der Waals surface area contributed by atoms with Crippen LogP contribution in [0.1, 0.15) is 35.8 Å². The molecule has 1 aliphatic rings. The molecule has 2 atom stereocenters. The molecule has 0 aliphatic carbocycles. The number of ether oxygens (including phenoxy) is 1. The molecule has 7 nitrogen and oxygen atoms in total. The van der Waals surface area contributed by atoms with E-state index in [4.69, 9.17) is 15.0 Å². The smallest absolute Gasteiger partial charge is 0.290 e. The van der Waals surface area contributed by atoms with E-state index >= 15 is 0 Å². The van der Waals surface area contributed by atoms with Crippen LogP contribution < -0.4 is 11.1 Å². The highest BCUT2D eigenvalue weighted by Gasteiger charge is 2.33. The average molecular weight is 240 g/mol. The van der Waals surface area contributed by atoms with Crippen molar-refractivity contribution in [1.82, 2.24) is 15.5 Å². The lowest BCUT2D eigenvalue weighted by Gasteiger charge is -2.14. The standard InChI is InChI=1S/C10H16N4O3/c1-2-3-12-7-5-16-4-6(7)10-13-9(8(11)15)14-17-10/h6-7,12H,2-5H2,1H3,(H2,11,15). The number of nitrogens with two attached hydrogens (primary N) is 1. The Morgan fingerprint density at radius 1 is 1.59 bits per heavy atom. The van der Waals surface area contributed by atoms with Crippen LogP contribution in [0.25, 0.3) is 0 Å². The third-order valence-electron chi connectivity index (χ3n) is 2.72. The minimum absolute atomic E-state index is 0.0119. The minimum atomic E-state index is -0.683. The van der Waals surface area contributed by atoms with Crippen LogP contribution in [0.2, 0.25) is 0 Å². The molecule has 1 aromatic rings. The summed E-state index contributed by atoms with van der Waals surface area (Å²) in [5, 5.41) is 6.88. The van der Waals surface area contributed by atoms with Gasteiger partial charge in [0.2, 0.25) is 5.89 Å². The molecule has 2 unspecified atom stereocenters. The zero-order chi connectivity index (χ0) is 12.3. The molecule has 17 heavy (non-hydrogen) atoms. The Kier molecular flexibility index (Phi) is 3.70. The SMILES string of the molecule is CCCNC1COCC1c1nc(C(N)=O)no1. The maximum atomic E-state index is 10.9. The molecule has 0 bridgehead atoms. The Bertz CT molecular complexity index is 393. The minimum Gasteiger partial charge on any atom is -0.379 e. The molecule has 3 N–H and O–H groups in total. The van der Waals surface area contributed by atoms with Crippen LogP contribution in [0.3, 0.4) is 0 Å². The molecule has 7 heteroatoms. The Labute approximate surface area is 98.7 Å². The van der Waals surface area contributed by atoms with Crippen molar-refractivity contribution < 1.29 is 14.1 Å². The molecule has 0 aromatic carbocycles. The largest absolute Gasteiger partial charge is 0.379 e. The molecule has 1 aromatic heterocycles. The number of nitrogens with zero attached hydrogens (tertiary/aromatic N) is 2. The first-order valence-corrected chi connectivity index (χ1v) is 5.67. The monoisotopic (exact) mass is 240 g/mol. The van der Waals surface area contributed by atoms with Gasteiger partial charge in [0.15, 0.2) is 0 Å². The molecule has 1 amide bonds. The molecule has 0 spiro atoms. The fourth-order valence-electron chi connectivity index (χ4n) is 1.81. The topological polar surface area (TPSA) is 103 Å². The van der Waals surface area contributed by atoms with E-state index in [0.717, 1.165) is 13.0 Å². The van der Waals surface area contributed by atoms with Crippen molar-refractivity contribution in [1.29, 1.82) is 0 Å². The summed E-state index contributed by atoms with van der Waals surface area (Å²) in [4.78, 5) is 14.9. The van der Waals surface area contributed by atoms with E-state index in [-0.39, 0.29) is 17.8 Å². The van der Waals surface area contributed by atoms with Gasteiger partial charge in [-0.3, -0.25) is 4.79 Å². The molecule has 1 aliphatic heterocycles. The number of rotatable bonds is 5. The van der Waals surface area contributed by atoms with Gasteiger partial charge in [0.25, 0.3) is 11.7 Å². The van der Waals surface area contributed by atoms with Crippen molar-refractivity contribution in [2.75, 3.05) is 19.8 Å². The van der Waals surface area contributed by atoms with Crippen LogP contribution in [-0.2, 0) is 4.74 Å². The third-order valence-corrected chi connectivity index (χ3v) is 2.72. The molecule has 2 rings (SSSR count). The average Bonchev–Trinajstić information content (AvgIpc) is 2.94. The fourth-order valence-corrected chi connectivity index (χ4v) is 1.81. The first kappa shape index (κ1) is 12.0. The molecular formula is C10H16N4O3. The van der Waals surface area contributed by atoms with Gasteiger partial charge in [-0.25, -0.2) is 0 Å². The van der Waals surface area contributed by atoms with Gasteiger partial charge in [-0.05, 0) is 13.0 Å². The van der Waals surface area contributed by atoms with Gasteiger partial charge in [0.1, 0.15) is 0 Å². The van der Waals surface area contributed by atoms with E-state index in [9.17, 15) is 4.79 Å². The first-order valence-electron chi connectivity index (χ1n) is 5.67. The number of hydrogen-bond donors (Lipinski definition) is 2. The highest BCUT2D eigenvalue weighted by molar-refractivity contribution is 5.88. The lowest BCUT2D eigenvalue weighted by Crippen LogP contribution is -2.35. The van der Waals surface area contributed by atoms with Crippen molar-refractivity contribution in [3.05, 3.63) is 11.7 Å². The molecule has 1 saturated heterocycles. The van der Waals surface area contributed by atoms with Gasteiger partial charge in [0, 0.05) is 6.04 Å². The van der Waals surface area contributed by atoms with Gasteiger partial charge >= 0.3 is 0 Å². The Morgan fingerprint density at radius 3 is 3.06 bits per heavy atom. The number of carbonyl (C=O) groups excluding carboxylic acids is 1. The lowest BCUT2D eigenvalue weighted by atomic mass is 10.0. The number of hydrogen-bond acceptors (Lipinski definition) is 6. The highest BCUT2D eigenvalue weighted by Crippen LogP contribution is 2.24. The van der Waals surface area contributed by atoms with Crippen LogP contribution in [0.15, 0.2) is 4.52 Å². The van der Waals surface area contributed by atoms with Crippen LogP contribution in [0, 0.1) is 0 Å². The summed E-state index contributed by atoms with van der Waals surface area (Å²) in [6, 6.07) is 0.149. The summed E-state index contributed by atoms with van der Waals surface area (Å²) >= 11 is 0. The zero-order valence-corrected chi connectivity index (χ0v) is 9.68. The van der Waals surface area contributed by atoms with Crippen molar-refractivity contribution >= 4 is 5.91 Å². The Morgan fingerprint density at radius 2 is 2.41 bits per heavy atom. The number of aromatic nitrogens is 2. The second-order valence-corrected chi connectivity index (χ2v) is 4.03. The number of primary amides is 1. The Hall–Kier alpha value is -1.47. The molecule has 1 fully saturated rings. The lowest BCUT2D eigenvalue weighted by molar-refractivity contribution is 0.0987. The van der Waals surface area contributed by atoms with Crippen LogP contribution in [0.4, 0.5) is 0 Å². The van der Waals surface area contributed by atoms with E-state index in [1.165, 1.54) is 0 Å². The van der Waals surface area contributed by atoms with E-state index in [1.807, 2.05) is 0 Å². The highest BCUT2D eigenvalue weighted by atomic mass is 16.5. The quantitative estimate of drug-likeness (QED) is 0.729. The summed E-state index contributed by atoms with van der Waals surface area (Å²) in [6.07, 6.45) is 1.04. The summed E-state index contributed by atoms with van der Waals surface area (Å²) in [5.74, 6) is -0.370. The predicted octanol–water partition coefficient (Wildman–Crippen LogP) is -0.349. The zero-order valence-electron chi connectivity index (χ0n) is 9.68. The second-order valence-electron chi connectivity index (χ2n) is 4.03. The third kappa shape index (κ3) is 2.62. The first-order chi connectivity index (χ1) is 8.22. The van der Waals surface area contributed by atoms with Gasteiger partial charge < -0.3 is 20.3 Å². The van der Waals surface area contributed by atoms with Gasteiger partial charge in [-0.2, -0.15) is 4.98 Å². The summed E-state index contributed by atoms with van der Waals surface area (Å²) in [5.41, 5.74) is 5.07. The van der Waals surface area contributed by atoms with Crippen molar-refractivity contribution in [2.45, 2.75) is 25.3 Å². The molecule has 94 valence electrons. The molecule has 2 heterocycles. The van der Waals surface area contributed by atoms with E-state index in [0.29, 0.717) is 19.1 Å². The van der Waals surface area contributed by atoms with Crippen LogP contribution in [-0.4, -0.2) is 41.8 Å². The van der Waals surface area contributed by atoms with Crippen molar-refractivity contribution in [3.63, 3.8) is 0 Å². The second kappa shape index (κ2) is 5.24. The summed E-state index contributed by atoms with van der Waals surface area (Å²) < 4.78 is 10.4. The number of nitrogens with one attached hydrogen (secondary N) is 1. The fraction of sp³-hybridized carbons (Fsp3) is 0.700. The Balaban J connectivity index is 2.06. The normalized spacial score (nSPS) is 24.1. The maximum absolute atomic E-state index is 10.9. The summed E-state index contributed by atoms with van der Waals surface area (Å²) in [7, 11) is 0. The molecular weight excluding hydrogens is 224 g/mol. The van der Waals surface area contributed by atoms with E-state index in [1.54, 1.807) is 0 Å². The predicted molar refractivity (Wildman–Crippen MR) is 58.5 cm³/mol.